The van der Waals surface area contributed by atoms with Crippen LogP contribution >= 0.6 is 0 Å². The van der Waals surface area contributed by atoms with Crippen LogP contribution in [0.1, 0.15) is 31.1 Å². The van der Waals surface area contributed by atoms with Crippen molar-refractivity contribution < 1.29 is 13.9 Å². The van der Waals surface area contributed by atoms with Crippen molar-refractivity contribution in [2.75, 3.05) is 19.0 Å². The van der Waals surface area contributed by atoms with Crippen LogP contribution in [-0.4, -0.2) is 39.5 Å². The van der Waals surface area contributed by atoms with Crippen LogP contribution in [0.4, 0.5) is 5.69 Å². The molecule has 1 aromatic carbocycles. The Bertz CT molecular complexity index is 1320. The summed E-state index contributed by atoms with van der Waals surface area (Å²) in [4.78, 5) is 23.8. The molecule has 8 heteroatoms. The number of aromatic nitrogens is 4. The number of fused-ring (bicyclic) bond motifs is 3. The molecule has 0 amide bonds. The van der Waals surface area contributed by atoms with Crippen LogP contribution in [0.2, 0.25) is 0 Å². The van der Waals surface area contributed by atoms with E-state index in [2.05, 4.69) is 10.1 Å². The van der Waals surface area contributed by atoms with Crippen LogP contribution in [0, 0.1) is 0 Å². The number of allylic oxidation sites excluding steroid dienone is 2. The molecule has 1 aliphatic rings. The van der Waals surface area contributed by atoms with E-state index in [0.717, 1.165) is 11.3 Å². The van der Waals surface area contributed by atoms with Gasteiger partial charge in [-0.3, -0.25) is 4.79 Å². The molecule has 5 rings (SSSR count). The lowest BCUT2D eigenvalue weighted by molar-refractivity contribution is -0.114. The monoisotopic (exact) mass is 415 g/mol. The first-order valence-corrected chi connectivity index (χ1v) is 9.90. The average Bonchev–Trinajstić information content (AvgIpc) is 3.42. The standard InChI is InChI=1S/C23H21N5O3/c1-13(29)18-14(2)31-23-20(19(18)17-6-5-11-30-17)22-25-21(26-28(22)12-24-23)15-7-9-16(10-8-15)27(3)4/h5-12,19H,1-4H3. The van der Waals surface area contributed by atoms with Crippen LogP contribution < -0.4 is 9.64 Å². The van der Waals surface area contributed by atoms with E-state index in [0.29, 0.717) is 40.0 Å². The number of rotatable bonds is 4. The minimum absolute atomic E-state index is 0.0921. The summed E-state index contributed by atoms with van der Waals surface area (Å²) in [7, 11) is 3.99. The van der Waals surface area contributed by atoms with Gasteiger partial charge in [-0.25, -0.2) is 14.5 Å². The molecule has 0 fully saturated rings. The number of ketones is 1. The molecule has 31 heavy (non-hydrogen) atoms. The van der Waals surface area contributed by atoms with Gasteiger partial charge >= 0.3 is 0 Å². The van der Waals surface area contributed by atoms with E-state index in [1.54, 1.807) is 30.1 Å². The Hall–Kier alpha value is -3.94. The fraction of sp³-hybridized carbons (Fsp3) is 0.217. The molecule has 0 spiro atoms. The van der Waals surface area contributed by atoms with E-state index in [-0.39, 0.29) is 5.78 Å². The van der Waals surface area contributed by atoms with Gasteiger partial charge in [-0.05, 0) is 50.2 Å². The minimum Gasteiger partial charge on any atom is -0.468 e. The maximum Gasteiger partial charge on any atom is 0.228 e. The quantitative estimate of drug-likeness (QED) is 0.501. The van der Waals surface area contributed by atoms with Crippen molar-refractivity contribution >= 4 is 17.1 Å². The molecule has 0 aliphatic carbocycles. The van der Waals surface area contributed by atoms with Crippen molar-refractivity contribution in [3.8, 4) is 17.3 Å². The van der Waals surface area contributed by atoms with Gasteiger partial charge in [0.05, 0.1) is 17.7 Å². The smallest absolute Gasteiger partial charge is 0.228 e. The molecule has 3 aromatic heterocycles. The van der Waals surface area contributed by atoms with E-state index in [1.807, 2.05) is 49.3 Å². The van der Waals surface area contributed by atoms with Gasteiger partial charge in [0.1, 0.15) is 17.8 Å². The first-order chi connectivity index (χ1) is 14.9. The zero-order chi connectivity index (χ0) is 21.7. The van der Waals surface area contributed by atoms with Crippen LogP contribution in [0.5, 0.6) is 5.88 Å². The second-order valence-electron chi connectivity index (χ2n) is 7.68. The van der Waals surface area contributed by atoms with E-state index < -0.39 is 5.92 Å². The summed E-state index contributed by atoms with van der Waals surface area (Å²) in [5, 5.41) is 4.61. The summed E-state index contributed by atoms with van der Waals surface area (Å²) in [6.45, 7) is 3.29. The first-order valence-electron chi connectivity index (χ1n) is 9.90. The van der Waals surface area contributed by atoms with E-state index in [4.69, 9.17) is 14.1 Å². The summed E-state index contributed by atoms with van der Waals surface area (Å²) in [6.07, 6.45) is 3.16. The van der Waals surface area contributed by atoms with E-state index >= 15 is 0 Å². The number of furan rings is 1. The molecule has 0 radical (unpaired) electrons. The third-order valence-corrected chi connectivity index (χ3v) is 5.44. The third kappa shape index (κ3) is 3.07. The van der Waals surface area contributed by atoms with Gasteiger partial charge in [-0.15, -0.1) is 5.10 Å². The Morgan fingerprint density at radius 2 is 1.94 bits per heavy atom. The fourth-order valence-electron chi connectivity index (χ4n) is 3.96. The number of carbonyl (C=O) groups excluding carboxylic acids is 1. The predicted molar refractivity (Wildman–Crippen MR) is 115 cm³/mol. The molecule has 4 aromatic rings. The second-order valence-corrected chi connectivity index (χ2v) is 7.68. The molecule has 1 unspecified atom stereocenters. The third-order valence-electron chi connectivity index (χ3n) is 5.44. The zero-order valence-corrected chi connectivity index (χ0v) is 17.7. The van der Waals surface area contributed by atoms with Gasteiger partial charge in [0.25, 0.3) is 0 Å². The Morgan fingerprint density at radius 3 is 2.58 bits per heavy atom. The summed E-state index contributed by atoms with van der Waals surface area (Å²) >= 11 is 0. The Morgan fingerprint density at radius 1 is 1.16 bits per heavy atom. The molecule has 0 bridgehead atoms. The van der Waals surface area contributed by atoms with Crippen LogP contribution in [0.15, 0.2) is 64.7 Å². The molecule has 1 aliphatic heterocycles. The SMILES string of the molecule is CC(=O)C1=C(C)Oc2ncn3nc(-c4ccc(N(C)C)cc4)nc3c2C1c1ccco1. The van der Waals surface area contributed by atoms with Crippen LogP contribution in [0.25, 0.3) is 17.0 Å². The Kier molecular flexibility index (Phi) is 4.35. The number of Topliss-reactive ketones (excluding diaryl/α,β-unsaturated/α-hetero) is 1. The van der Waals surface area contributed by atoms with E-state index in [1.165, 1.54) is 6.92 Å². The van der Waals surface area contributed by atoms with Crippen molar-refractivity contribution in [2.45, 2.75) is 19.8 Å². The zero-order valence-electron chi connectivity index (χ0n) is 17.7. The Balaban J connectivity index is 1.70. The topological polar surface area (TPSA) is 85.8 Å². The first kappa shape index (κ1) is 19.0. The highest BCUT2D eigenvalue weighted by molar-refractivity contribution is 5.97. The normalized spacial score (nSPS) is 15.7. The van der Waals surface area contributed by atoms with Crippen LogP contribution in [-0.2, 0) is 4.79 Å². The van der Waals surface area contributed by atoms with E-state index in [9.17, 15) is 4.79 Å². The number of ether oxygens (including phenoxy) is 1. The number of hydrogen-bond acceptors (Lipinski definition) is 7. The summed E-state index contributed by atoms with van der Waals surface area (Å²) < 4.78 is 13.2. The number of anilines is 1. The van der Waals surface area contributed by atoms with Gasteiger partial charge in [0.2, 0.25) is 5.88 Å². The summed E-state index contributed by atoms with van der Waals surface area (Å²) in [5.74, 6) is 1.54. The predicted octanol–water partition coefficient (Wildman–Crippen LogP) is 3.84. The summed E-state index contributed by atoms with van der Waals surface area (Å²) in [5.41, 5.74) is 3.73. The highest BCUT2D eigenvalue weighted by Gasteiger charge is 2.37. The van der Waals surface area contributed by atoms with Crippen LogP contribution in [0.3, 0.4) is 0 Å². The lowest BCUT2D eigenvalue weighted by atomic mass is 9.85. The van der Waals surface area contributed by atoms with Gasteiger partial charge in [-0.1, -0.05) is 0 Å². The number of hydrogen-bond donors (Lipinski definition) is 0. The Labute approximate surface area is 178 Å². The largest absolute Gasteiger partial charge is 0.468 e. The van der Waals surface area contributed by atoms with Gasteiger partial charge in [-0.2, -0.15) is 0 Å². The number of carbonyl (C=O) groups is 1. The summed E-state index contributed by atoms with van der Waals surface area (Å²) in [6, 6.07) is 11.6. The van der Waals surface area contributed by atoms with Crippen molar-refractivity contribution in [2.24, 2.45) is 0 Å². The van der Waals surface area contributed by atoms with Gasteiger partial charge < -0.3 is 14.1 Å². The van der Waals surface area contributed by atoms with Crippen molar-refractivity contribution in [1.29, 1.82) is 0 Å². The number of nitrogens with zero attached hydrogens (tertiary/aromatic N) is 5. The fourth-order valence-corrected chi connectivity index (χ4v) is 3.96. The molecular formula is C23H21N5O3. The van der Waals surface area contributed by atoms with Gasteiger partial charge in [0, 0.05) is 30.9 Å². The van der Waals surface area contributed by atoms with Crippen molar-refractivity contribution in [1.82, 2.24) is 19.6 Å². The highest BCUT2D eigenvalue weighted by atomic mass is 16.5. The van der Waals surface area contributed by atoms with Crippen molar-refractivity contribution in [3.05, 3.63) is 71.6 Å². The molecule has 0 saturated carbocycles. The lowest BCUT2D eigenvalue weighted by Crippen LogP contribution is -2.21. The molecule has 8 nitrogen and oxygen atoms in total. The second kappa shape index (κ2) is 7.09. The average molecular weight is 415 g/mol. The number of benzene rings is 1. The molecule has 1 atom stereocenters. The molecule has 156 valence electrons. The molecular weight excluding hydrogens is 394 g/mol. The lowest BCUT2D eigenvalue weighted by Gasteiger charge is -2.26. The van der Waals surface area contributed by atoms with Crippen molar-refractivity contribution in [3.63, 3.8) is 0 Å². The maximum atomic E-state index is 12.5. The molecule has 4 heterocycles. The molecule has 0 N–H and O–H groups in total. The highest BCUT2D eigenvalue weighted by Crippen LogP contribution is 2.44. The maximum absolute atomic E-state index is 12.5. The molecule has 0 saturated heterocycles. The minimum atomic E-state index is -0.472. The van der Waals surface area contributed by atoms with Gasteiger partial charge in [0.15, 0.2) is 17.3 Å².